The van der Waals surface area contributed by atoms with Crippen LogP contribution in [0.4, 0.5) is 5.69 Å². The van der Waals surface area contributed by atoms with E-state index < -0.39 is 0 Å². The zero-order valence-electron chi connectivity index (χ0n) is 14.4. The van der Waals surface area contributed by atoms with Crippen LogP contribution in [0.1, 0.15) is 45.7 Å². The van der Waals surface area contributed by atoms with Gasteiger partial charge in [0.05, 0.1) is 0 Å². The Labute approximate surface area is 130 Å². The second kappa shape index (κ2) is 7.31. The van der Waals surface area contributed by atoms with Gasteiger partial charge in [0.25, 0.3) is 0 Å². The van der Waals surface area contributed by atoms with Gasteiger partial charge in [-0.15, -0.1) is 0 Å². The van der Waals surface area contributed by atoms with Gasteiger partial charge in [0, 0.05) is 31.4 Å². The highest BCUT2D eigenvalue weighted by Crippen LogP contribution is 2.26. The summed E-state index contributed by atoms with van der Waals surface area (Å²) >= 11 is 0. The summed E-state index contributed by atoms with van der Waals surface area (Å²) < 4.78 is 0. The molecule has 2 nitrogen and oxygen atoms in total. The van der Waals surface area contributed by atoms with Crippen molar-refractivity contribution in [3.05, 3.63) is 29.3 Å². The molecule has 118 valence electrons. The van der Waals surface area contributed by atoms with Gasteiger partial charge in [0.1, 0.15) is 0 Å². The zero-order valence-corrected chi connectivity index (χ0v) is 14.4. The van der Waals surface area contributed by atoms with Crippen molar-refractivity contribution in [2.24, 2.45) is 11.8 Å². The van der Waals surface area contributed by atoms with E-state index >= 15 is 0 Å². The van der Waals surface area contributed by atoms with E-state index in [0.29, 0.717) is 6.04 Å². The summed E-state index contributed by atoms with van der Waals surface area (Å²) in [5.74, 6) is 1.49. The van der Waals surface area contributed by atoms with Crippen molar-refractivity contribution in [2.45, 2.75) is 53.5 Å². The van der Waals surface area contributed by atoms with Crippen LogP contribution < -0.4 is 5.32 Å². The maximum absolute atomic E-state index is 3.53. The molecule has 1 heterocycles. The van der Waals surface area contributed by atoms with E-state index in [4.69, 9.17) is 0 Å². The zero-order chi connectivity index (χ0) is 15.4. The van der Waals surface area contributed by atoms with Crippen molar-refractivity contribution in [1.29, 1.82) is 0 Å². The van der Waals surface area contributed by atoms with Crippen molar-refractivity contribution in [3.8, 4) is 0 Å². The van der Waals surface area contributed by atoms with Gasteiger partial charge < -0.3 is 10.2 Å². The minimum absolute atomic E-state index is 0.591. The topological polar surface area (TPSA) is 15.3 Å². The van der Waals surface area contributed by atoms with Gasteiger partial charge in [-0.05, 0) is 48.8 Å². The van der Waals surface area contributed by atoms with Gasteiger partial charge in [-0.1, -0.05) is 39.8 Å². The van der Waals surface area contributed by atoms with Crippen LogP contribution in [0.5, 0.6) is 0 Å². The smallest absolute Gasteiger partial charge is 0.0375 e. The number of nitrogens with one attached hydrogen (secondary N) is 1. The molecule has 1 aliphatic rings. The Hall–Kier alpha value is -1.02. The molecule has 1 aromatic rings. The highest BCUT2D eigenvalue weighted by Gasteiger charge is 2.17. The Morgan fingerprint density at radius 3 is 2.43 bits per heavy atom. The molecule has 1 N–H and O–H groups in total. The molecule has 0 spiro atoms. The summed E-state index contributed by atoms with van der Waals surface area (Å²) in [6.45, 7) is 15.1. The number of rotatable bonds is 7. The molecule has 1 unspecified atom stereocenters. The van der Waals surface area contributed by atoms with Crippen LogP contribution >= 0.6 is 0 Å². The average molecular weight is 288 g/mol. The summed E-state index contributed by atoms with van der Waals surface area (Å²) in [7, 11) is 0. The van der Waals surface area contributed by atoms with Crippen molar-refractivity contribution in [3.63, 3.8) is 0 Å². The molecule has 0 bridgehead atoms. The quantitative estimate of drug-likeness (QED) is 0.809. The lowest BCUT2D eigenvalue weighted by atomic mass is 10.0. The molecule has 1 atom stereocenters. The van der Waals surface area contributed by atoms with Gasteiger partial charge in [-0.25, -0.2) is 0 Å². The summed E-state index contributed by atoms with van der Waals surface area (Å²) in [6, 6.07) is 7.57. The first-order chi connectivity index (χ1) is 9.94. The third-order valence-electron chi connectivity index (χ3n) is 4.06. The molecule has 2 heteroatoms. The molecule has 0 aromatic heterocycles. The first-order valence-electron chi connectivity index (χ1n) is 8.54. The van der Waals surface area contributed by atoms with Crippen LogP contribution in [0.25, 0.3) is 0 Å². The molecule has 0 amide bonds. The van der Waals surface area contributed by atoms with Gasteiger partial charge in [-0.2, -0.15) is 0 Å². The van der Waals surface area contributed by atoms with E-state index in [1.54, 1.807) is 0 Å². The second-order valence-electron chi connectivity index (χ2n) is 7.54. The highest BCUT2D eigenvalue weighted by atomic mass is 15.1. The fourth-order valence-corrected chi connectivity index (χ4v) is 3.34. The van der Waals surface area contributed by atoms with E-state index in [0.717, 1.165) is 11.8 Å². The molecule has 21 heavy (non-hydrogen) atoms. The van der Waals surface area contributed by atoms with E-state index in [2.05, 4.69) is 63.0 Å². The maximum atomic E-state index is 3.53. The van der Waals surface area contributed by atoms with E-state index in [-0.39, 0.29) is 0 Å². The lowest BCUT2D eigenvalue weighted by Crippen LogP contribution is -2.33. The number of hydrogen-bond donors (Lipinski definition) is 1. The fraction of sp³-hybridized carbons (Fsp3) is 0.684. The number of benzene rings is 1. The minimum atomic E-state index is 0.591. The summed E-state index contributed by atoms with van der Waals surface area (Å²) in [4.78, 5) is 2.63. The monoisotopic (exact) mass is 288 g/mol. The Morgan fingerprint density at radius 2 is 1.81 bits per heavy atom. The van der Waals surface area contributed by atoms with Gasteiger partial charge in [0.15, 0.2) is 0 Å². The van der Waals surface area contributed by atoms with Gasteiger partial charge in [-0.3, -0.25) is 0 Å². The van der Waals surface area contributed by atoms with Crippen LogP contribution in [0.2, 0.25) is 0 Å². The number of nitrogens with zero attached hydrogens (tertiary/aromatic N) is 1. The average Bonchev–Trinajstić information content (AvgIpc) is 2.73. The first-order valence-corrected chi connectivity index (χ1v) is 8.54. The lowest BCUT2D eigenvalue weighted by molar-refractivity contribution is 0.222. The fourth-order valence-electron chi connectivity index (χ4n) is 3.34. The van der Waals surface area contributed by atoms with Gasteiger partial charge >= 0.3 is 0 Å². The predicted octanol–water partition coefficient (Wildman–Crippen LogP) is 4.20. The van der Waals surface area contributed by atoms with Crippen LogP contribution in [0.3, 0.4) is 0 Å². The molecule has 2 rings (SSSR count). The molecule has 1 aliphatic heterocycles. The Bertz CT molecular complexity index is 441. The Kier molecular flexibility index (Phi) is 5.69. The van der Waals surface area contributed by atoms with Crippen molar-refractivity contribution in [2.75, 3.05) is 25.0 Å². The molecule has 0 fully saturated rings. The van der Waals surface area contributed by atoms with Crippen LogP contribution in [-0.2, 0) is 12.8 Å². The number of hydrogen-bond acceptors (Lipinski definition) is 2. The SMILES string of the molecule is CC(C)CN(CCc1ccc2c(c1)CC(C)N2)CC(C)C. The highest BCUT2D eigenvalue weighted by molar-refractivity contribution is 5.57. The van der Waals surface area contributed by atoms with Crippen molar-refractivity contribution < 1.29 is 0 Å². The molecular weight excluding hydrogens is 256 g/mol. The molecule has 0 radical (unpaired) electrons. The molecule has 0 saturated heterocycles. The Morgan fingerprint density at radius 1 is 1.14 bits per heavy atom. The number of anilines is 1. The predicted molar refractivity (Wildman–Crippen MR) is 93.1 cm³/mol. The number of fused-ring (bicyclic) bond motifs is 1. The molecule has 0 saturated carbocycles. The molecule has 1 aromatic carbocycles. The third-order valence-corrected chi connectivity index (χ3v) is 4.06. The Balaban J connectivity index is 1.93. The van der Waals surface area contributed by atoms with Gasteiger partial charge in [0.2, 0.25) is 0 Å². The summed E-state index contributed by atoms with van der Waals surface area (Å²) in [6.07, 6.45) is 2.34. The second-order valence-corrected chi connectivity index (χ2v) is 7.54. The summed E-state index contributed by atoms with van der Waals surface area (Å²) in [5, 5.41) is 3.53. The van der Waals surface area contributed by atoms with Crippen LogP contribution in [-0.4, -0.2) is 30.6 Å². The van der Waals surface area contributed by atoms with E-state index in [1.807, 2.05) is 0 Å². The maximum Gasteiger partial charge on any atom is 0.0375 e. The van der Waals surface area contributed by atoms with Crippen LogP contribution in [0.15, 0.2) is 18.2 Å². The minimum Gasteiger partial charge on any atom is -0.382 e. The third kappa shape index (κ3) is 5.03. The van der Waals surface area contributed by atoms with Crippen molar-refractivity contribution in [1.82, 2.24) is 4.90 Å². The molecular formula is C19H32N2. The largest absolute Gasteiger partial charge is 0.382 e. The van der Waals surface area contributed by atoms with Crippen LogP contribution in [0, 0.1) is 11.8 Å². The van der Waals surface area contributed by atoms with E-state index in [9.17, 15) is 0 Å². The first kappa shape index (κ1) is 16.4. The summed E-state index contributed by atoms with van der Waals surface area (Å²) in [5.41, 5.74) is 4.33. The lowest BCUT2D eigenvalue weighted by Gasteiger charge is -2.26. The van der Waals surface area contributed by atoms with E-state index in [1.165, 1.54) is 49.3 Å². The normalized spacial score (nSPS) is 17.6. The standard InChI is InChI=1S/C19H32N2/c1-14(2)12-21(13-15(3)4)9-8-17-6-7-19-18(11-17)10-16(5)20-19/h6-7,11,14-16,20H,8-10,12-13H2,1-5H3. The molecule has 0 aliphatic carbocycles. The van der Waals surface area contributed by atoms with Crippen molar-refractivity contribution >= 4 is 5.69 Å².